The van der Waals surface area contributed by atoms with E-state index in [0.717, 1.165) is 6.54 Å². The van der Waals surface area contributed by atoms with Crippen LogP contribution in [0.4, 0.5) is 0 Å². The molecule has 106 valence electrons. The van der Waals surface area contributed by atoms with E-state index in [1.165, 1.54) is 36.1 Å². The van der Waals surface area contributed by atoms with Gasteiger partial charge in [-0.05, 0) is 30.4 Å². The van der Waals surface area contributed by atoms with Gasteiger partial charge in [0.25, 0.3) is 0 Å². The van der Waals surface area contributed by atoms with Crippen LogP contribution < -0.4 is 5.32 Å². The lowest BCUT2D eigenvalue weighted by atomic mass is 10.1. The summed E-state index contributed by atoms with van der Waals surface area (Å²) in [5.74, 6) is 0. The first-order valence-corrected chi connectivity index (χ1v) is 6.88. The van der Waals surface area contributed by atoms with Crippen molar-refractivity contribution in [1.82, 2.24) is 5.32 Å². The Bertz CT molecular complexity index is 448. The first kappa shape index (κ1) is 16.3. The molecule has 0 atom stereocenters. The SMILES string of the molecule is C=C1CCCCN1.Cl.c1ccc(-c2ccccc2)cc1. The van der Waals surface area contributed by atoms with Gasteiger partial charge in [-0.3, -0.25) is 0 Å². The number of allylic oxidation sites excluding steroid dienone is 1. The van der Waals surface area contributed by atoms with Crippen molar-refractivity contribution in [3.8, 4) is 11.1 Å². The summed E-state index contributed by atoms with van der Waals surface area (Å²) in [6, 6.07) is 20.8. The van der Waals surface area contributed by atoms with Gasteiger partial charge in [-0.2, -0.15) is 0 Å². The average molecular weight is 288 g/mol. The van der Waals surface area contributed by atoms with Crippen molar-refractivity contribution in [3.63, 3.8) is 0 Å². The lowest BCUT2D eigenvalue weighted by molar-refractivity contribution is 0.590. The molecule has 1 fully saturated rings. The van der Waals surface area contributed by atoms with Crippen molar-refractivity contribution in [3.05, 3.63) is 72.9 Å². The molecule has 0 unspecified atom stereocenters. The van der Waals surface area contributed by atoms with Crippen molar-refractivity contribution in [2.45, 2.75) is 19.3 Å². The number of halogens is 1. The fourth-order valence-corrected chi connectivity index (χ4v) is 2.08. The first-order valence-electron chi connectivity index (χ1n) is 6.88. The normalized spacial score (nSPS) is 13.3. The van der Waals surface area contributed by atoms with E-state index in [2.05, 4.69) is 60.4 Å². The maximum absolute atomic E-state index is 3.80. The average Bonchev–Trinajstić information content (AvgIpc) is 2.51. The van der Waals surface area contributed by atoms with Gasteiger partial charge >= 0.3 is 0 Å². The van der Waals surface area contributed by atoms with E-state index in [9.17, 15) is 0 Å². The summed E-state index contributed by atoms with van der Waals surface area (Å²) in [5.41, 5.74) is 3.77. The third kappa shape index (κ3) is 5.50. The molecular formula is C18H22ClN. The second-order valence-corrected chi connectivity index (χ2v) is 4.72. The number of hydrogen-bond acceptors (Lipinski definition) is 1. The van der Waals surface area contributed by atoms with Crippen LogP contribution in [0.3, 0.4) is 0 Å². The van der Waals surface area contributed by atoms with Gasteiger partial charge in [0.1, 0.15) is 0 Å². The predicted molar refractivity (Wildman–Crippen MR) is 90.1 cm³/mol. The van der Waals surface area contributed by atoms with Gasteiger partial charge in [0.2, 0.25) is 0 Å². The molecule has 1 nitrogen and oxygen atoms in total. The van der Waals surface area contributed by atoms with Crippen LogP contribution in [0.2, 0.25) is 0 Å². The number of hydrogen-bond donors (Lipinski definition) is 1. The zero-order valence-corrected chi connectivity index (χ0v) is 12.5. The summed E-state index contributed by atoms with van der Waals surface area (Å²) in [4.78, 5) is 0. The molecule has 1 heterocycles. The Morgan fingerprint density at radius 1 is 0.750 bits per heavy atom. The van der Waals surface area contributed by atoms with Crippen LogP contribution in [-0.4, -0.2) is 6.54 Å². The molecule has 3 rings (SSSR count). The van der Waals surface area contributed by atoms with Crippen LogP contribution in [-0.2, 0) is 0 Å². The van der Waals surface area contributed by atoms with Crippen LogP contribution in [0, 0.1) is 0 Å². The largest absolute Gasteiger partial charge is 0.389 e. The molecule has 0 saturated carbocycles. The summed E-state index contributed by atoms with van der Waals surface area (Å²) in [6.45, 7) is 4.94. The van der Waals surface area contributed by atoms with Crippen molar-refractivity contribution in [1.29, 1.82) is 0 Å². The molecule has 1 saturated heterocycles. The highest BCUT2D eigenvalue weighted by atomic mass is 35.5. The van der Waals surface area contributed by atoms with E-state index in [-0.39, 0.29) is 12.4 Å². The Labute approximate surface area is 128 Å². The quantitative estimate of drug-likeness (QED) is 0.774. The van der Waals surface area contributed by atoms with Gasteiger partial charge < -0.3 is 5.32 Å². The molecule has 0 bridgehead atoms. The van der Waals surface area contributed by atoms with Crippen molar-refractivity contribution in [2.75, 3.05) is 6.54 Å². The van der Waals surface area contributed by atoms with Gasteiger partial charge in [0.05, 0.1) is 0 Å². The number of benzene rings is 2. The topological polar surface area (TPSA) is 12.0 Å². The van der Waals surface area contributed by atoms with E-state index in [1.807, 2.05) is 12.1 Å². The highest BCUT2D eigenvalue weighted by Crippen LogP contribution is 2.17. The number of rotatable bonds is 1. The van der Waals surface area contributed by atoms with Crippen LogP contribution in [0.25, 0.3) is 11.1 Å². The summed E-state index contributed by atoms with van der Waals surface area (Å²) in [6.07, 6.45) is 3.82. The second kappa shape index (κ2) is 9.22. The Kier molecular flexibility index (Phi) is 7.52. The fourth-order valence-electron chi connectivity index (χ4n) is 2.08. The predicted octanol–water partition coefficient (Wildman–Crippen LogP) is 5.05. The third-order valence-electron chi connectivity index (χ3n) is 3.16. The lowest BCUT2D eigenvalue weighted by Crippen LogP contribution is -2.18. The van der Waals surface area contributed by atoms with Crippen LogP contribution in [0.15, 0.2) is 72.9 Å². The van der Waals surface area contributed by atoms with Crippen LogP contribution in [0.5, 0.6) is 0 Å². The number of piperidine rings is 1. The smallest absolute Gasteiger partial charge is 0.0143 e. The molecule has 0 radical (unpaired) electrons. The van der Waals surface area contributed by atoms with Gasteiger partial charge in [-0.15, -0.1) is 12.4 Å². The maximum Gasteiger partial charge on any atom is 0.0143 e. The highest BCUT2D eigenvalue weighted by Gasteiger charge is 1.98. The Balaban J connectivity index is 0.000000216. The molecule has 1 N–H and O–H groups in total. The first-order chi connectivity index (χ1) is 9.36. The molecule has 0 amide bonds. The van der Waals surface area contributed by atoms with Gasteiger partial charge in [-0.25, -0.2) is 0 Å². The van der Waals surface area contributed by atoms with Gasteiger partial charge in [0.15, 0.2) is 0 Å². The summed E-state index contributed by atoms with van der Waals surface area (Å²) in [5, 5.41) is 3.19. The Hall–Kier alpha value is -1.73. The molecule has 0 spiro atoms. The molecule has 2 aromatic rings. The lowest BCUT2D eigenvalue weighted by Gasteiger charge is -2.13. The standard InChI is InChI=1S/C12H10.C6H11N.ClH/c1-3-7-11(8-4-1)12-9-5-2-6-10-12;1-6-4-2-3-5-7-6;/h1-10H;7H,1-5H2;1H. The summed E-state index contributed by atoms with van der Waals surface area (Å²) < 4.78 is 0. The molecule has 0 aliphatic carbocycles. The van der Waals surface area contributed by atoms with Crippen LogP contribution in [0.1, 0.15) is 19.3 Å². The monoisotopic (exact) mass is 287 g/mol. The molecule has 2 heteroatoms. The Morgan fingerprint density at radius 2 is 1.25 bits per heavy atom. The zero-order valence-electron chi connectivity index (χ0n) is 11.7. The highest BCUT2D eigenvalue weighted by molar-refractivity contribution is 5.85. The minimum atomic E-state index is 0. The fraction of sp³-hybridized carbons (Fsp3) is 0.222. The molecule has 1 aliphatic heterocycles. The van der Waals surface area contributed by atoms with Crippen LogP contribution >= 0.6 is 12.4 Å². The zero-order chi connectivity index (χ0) is 13.3. The van der Waals surface area contributed by atoms with Crippen molar-refractivity contribution < 1.29 is 0 Å². The van der Waals surface area contributed by atoms with E-state index in [1.54, 1.807) is 0 Å². The van der Waals surface area contributed by atoms with Crippen molar-refractivity contribution >= 4 is 12.4 Å². The molecule has 2 aromatic carbocycles. The minimum absolute atomic E-state index is 0. The van der Waals surface area contributed by atoms with E-state index < -0.39 is 0 Å². The van der Waals surface area contributed by atoms with E-state index in [0.29, 0.717) is 0 Å². The van der Waals surface area contributed by atoms with E-state index in [4.69, 9.17) is 0 Å². The minimum Gasteiger partial charge on any atom is -0.389 e. The molecular weight excluding hydrogens is 266 g/mol. The third-order valence-corrected chi connectivity index (χ3v) is 3.16. The Morgan fingerprint density at radius 3 is 1.55 bits per heavy atom. The molecule has 0 aromatic heterocycles. The summed E-state index contributed by atoms with van der Waals surface area (Å²) >= 11 is 0. The maximum atomic E-state index is 3.80. The van der Waals surface area contributed by atoms with Crippen molar-refractivity contribution in [2.24, 2.45) is 0 Å². The van der Waals surface area contributed by atoms with E-state index >= 15 is 0 Å². The summed E-state index contributed by atoms with van der Waals surface area (Å²) in [7, 11) is 0. The van der Waals surface area contributed by atoms with Gasteiger partial charge in [0, 0.05) is 12.2 Å². The molecule has 20 heavy (non-hydrogen) atoms. The van der Waals surface area contributed by atoms with Gasteiger partial charge in [-0.1, -0.05) is 67.2 Å². The second-order valence-electron chi connectivity index (χ2n) is 4.72. The molecule has 1 aliphatic rings. The number of nitrogens with one attached hydrogen (secondary N) is 1.